The van der Waals surface area contributed by atoms with Crippen molar-refractivity contribution in [3.05, 3.63) is 99.5 Å². The van der Waals surface area contributed by atoms with E-state index in [-0.39, 0.29) is 29.4 Å². The number of hydrogen-bond donors (Lipinski definition) is 1. The van der Waals surface area contributed by atoms with Crippen molar-refractivity contribution >= 4 is 29.0 Å². The summed E-state index contributed by atoms with van der Waals surface area (Å²) in [6.07, 6.45) is 3.35. The Morgan fingerprint density at radius 1 is 1.10 bits per heavy atom. The van der Waals surface area contributed by atoms with Gasteiger partial charge in [-0.1, -0.05) is 31.5 Å². The monoisotopic (exact) mass is 565 g/mol. The number of anilines is 1. The highest BCUT2D eigenvalue weighted by atomic mass is 35.5. The summed E-state index contributed by atoms with van der Waals surface area (Å²) in [7, 11) is 3.00. The Kier molecular flexibility index (Phi) is 7.33. The normalized spacial score (nSPS) is 14.4. The molecule has 1 amide bonds. The van der Waals surface area contributed by atoms with E-state index in [9.17, 15) is 18.4 Å². The molecule has 5 rings (SSSR count). The van der Waals surface area contributed by atoms with Crippen molar-refractivity contribution in [1.29, 1.82) is 0 Å². The van der Waals surface area contributed by atoms with Crippen molar-refractivity contribution in [2.45, 2.75) is 32.1 Å². The molecule has 206 valence electrons. The minimum absolute atomic E-state index is 0.0716. The summed E-state index contributed by atoms with van der Waals surface area (Å²) in [4.78, 5) is 31.7. The number of halogens is 3. The number of carbonyl (C=O) groups excluding carboxylic acids is 2. The number of aromatic nitrogens is 2. The lowest BCUT2D eigenvalue weighted by molar-refractivity contribution is -0.118. The van der Waals surface area contributed by atoms with Gasteiger partial charge in [-0.3, -0.25) is 9.59 Å². The highest BCUT2D eigenvalue weighted by Gasteiger charge is 2.39. The minimum Gasteiger partial charge on any atom is -0.494 e. The van der Waals surface area contributed by atoms with Gasteiger partial charge in [0.2, 0.25) is 5.88 Å². The van der Waals surface area contributed by atoms with Gasteiger partial charge in [-0.05, 0) is 41.3 Å². The maximum atomic E-state index is 13.9. The van der Waals surface area contributed by atoms with E-state index in [1.165, 1.54) is 20.3 Å². The summed E-state index contributed by atoms with van der Waals surface area (Å²) in [5, 5.41) is 3.17. The van der Waals surface area contributed by atoms with E-state index in [2.05, 4.69) is 10.3 Å². The van der Waals surface area contributed by atoms with Crippen LogP contribution in [-0.4, -0.2) is 35.5 Å². The lowest BCUT2D eigenvalue weighted by atomic mass is 9.86. The molecule has 1 aliphatic rings. The van der Waals surface area contributed by atoms with Crippen LogP contribution in [0.2, 0.25) is 5.02 Å². The third kappa shape index (κ3) is 4.81. The van der Waals surface area contributed by atoms with Crippen LogP contribution < -0.4 is 14.8 Å². The predicted molar refractivity (Wildman–Crippen MR) is 147 cm³/mol. The molecule has 2 aromatic heterocycles. The van der Waals surface area contributed by atoms with Crippen molar-refractivity contribution < 1.29 is 27.8 Å². The number of rotatable bonds is 7. The summed E-state index contributed by atoms with van der Waals surface area (Å²) in [5.74, 6) is -2.91. The molecule has 1 atom stereocenters. The molecule has 0 spiro atoms. The second kappa shape index (κ2) is 10.7. The van der Waals surface area contributed by atoms with Gasteiger partial charge in [0.25, 0.3) is 5.91 Å². The lowest BCUT2D eigenvalue weighted by Gasteiger charge is -2.20. The first-order valence-electron chi connectivity index (χ1n) is 12.5. The van der Waals surface area contributed by atoms with Gasteiger partial charge < -0.3 is 19.4 Å². The number of amides is 1. The van der Waals surface area contributed by atoms with Crippen LogP contribution in [-0.2, 0) is 11.2 Å². The summed E-state index contributed by atoms with van der Waals surface area (Å²) in [6, 6.07) is 10.0. The van der Waals surface area contributed by atoms with E-state index in [0.29, 0.717) is 33.6 Å². The standard InChI is InChI=1S/C30H26ClF2N3O4/c1-15(2)29-28(27-19-7-5-17(31)9-16(19)10-24(27)37)20(30(38)35-18-6-8-21(32)22(33)11-18)14-36(29)23-13-34-26(40-4)12-25(23)39-3/h5-9,11-15,27H,10H2,1-4H3,(H,35,38). The first-order valence-corrected chi connectivity index (χ1v) is 12.9. The Labute approximate surface area is 234 Å². The zero-order valence-corrected chi connectivity index (χ0v) is 23.0. The zero-order valence-electron chi connectivity index (χ0n) is 22.2. The first kappa shape index (κ1) is 27.3. The van der Waals surface area contributed by atoms with Crippen LogP contribution in [0, 0.1) is 11.6 Å². The van der Waals surface area contributed by atoms with E-state index >= 15 is 0 Å². The number of fused-ring (bicyclic) bond motifs is 1. The highest BCUT2D eigenvalue weighted by Crippen LogP contribution is 2.44. The molecule has 0 saturated heterocycles. The van der Waals surface area contributed by atoms with Crippen molar-refractivity contribution in [2.75, 3.05) is 19.5 Å². The van der Waals surface area contributed by atoms with Crippen LogP contribution in [0.15, 0.2) is 54.9 Å². The summed E-state index contributed by atoms with van der Waals surface area (Å²) >= 11 is 6.22. The molecule has 4 aromatic rings. The van der Waals surface area contributed by atoms with Gasteiger partial charge in [-0.15, -0.1) is 0 Å². The largest absolute Gasteiger partial charge is 0.494 e. The van der Waals surface area contributed by atoms with Crippen molar-refractivity contribution in [3.63, 3.8) is 0 Å². The third-order valence-electron chi connectivity index (χ3n) is 6.95. The lowest BCUT2D eigenvalue weighted by Crippen LogP contribution is -2.18. The second-order valence-corrected chi connectivity index (χ2v) is 10.2. The Morgan fingerprint density at radius 3 is 2.55 bits per heavy atom. The molecule has 0 aliphatic heterocycles. The Hall–Kier alpha value is -4.24. The highest BCUT2D eigenvalue weighted by molar-refractivity contribution is 6.30. The fourth-order valence-electron chi connectivity index (χ4n) is 5.24. The quantitative estimate of drug-likeness (QED) is 0.278. The smallest absolute Gasteiger partial charge is 0.257 e. The third-order valence-corrected chi connectivity index (χ3v) is 7.19. The molecule has 0 fully saturated rings. The number of nitrogens with zero attached hydrogens (tertiary/aromatic N) is 2. The number of carbonyl (C=O) groups is 2. The summed E-state index contributed by atoms with van der Waals surface area (Å²) in [5.41, 5.74) is 3.56. The topological polar surface area (TPSA) is 82.5 Å². The molecule has 2 aromatic carbocycles. The van der Waals surface area contributed by atoms with Crippen LogP contribution in [0.1, 0.15) is 58.4 Å². The average Bonchev–Trinajstić information content (AvgIpc) is 3.46. The van der Waals surface area contributed by atoms with E-state index < -0.39 is 23.5 Å². The van der Waals surface area contributed by atoms with Crippen LogP contribution >= 0.6 is 11.6 Å². The van der Waals surface area contributed by atoms with Gasteiger partial charge in [-0.2, -0.15) is 0 Å². The molecule has 2 heterocycles. The molecular formula is C30H26ClF2N3O4. The molecule has 0 bridgehead atoms. The van der Waals surface area contributed by atoms with Crippen molar-refractivity contribution in [2.24, 2.45) is 0 Å². The number of hydrogen-bond acceptors (Lipinski definition) is 5. The van der Waals surface area contributed by atoms with Crippen LogP contribution in [0.25, 0.3) is 5.69 Å². The van der Waals surface area contributed by atoms with Crippen LogP contribution in [0.4, 0.5) is 14.5 Å². The first-order chi connectivity index (χ1) is 19.1. The maximum absolute atomic E-state index is 13.9. The Bertz CT molecular complexity index is 1650. The number of pyridine rings is 1. The van der Waals surface area contributed by atoms with Gasteiger partial charge in [0.15, 0.2) is 11.6 Å². The second-order valence-electron chi connectivity index (χ2n) is 9.77. The molecular weight excluding hydrogens is 540 g/mol. The van der Waals surface area contributed by atoms with Crippen molar-refractivity contribution in [1.82, 2.24) is 9.55 Å². The molecule has 1 N–H and O–H groups in total. The minimum atomic E-state index is -1.09. The fraction of sp³-hybridized carbons (Fsp3) is 0.233. The number of nitrogens with one attached hydrogen (secondary N) is 1. The fourth-order valence-corrected chi connectivity index (χ4v) is 5.43. The van der Waals surface area contributed by atoms with E-state index in [1.54, 1.807) is 41.2 Å². The molecule has 0 radical (unpaired) electrons. The van der Waals surface area contributed by atoms with Gasteiger partial charge >= 0.3 is 0 Å². The van der Waals surface area contributed by atoms with Crippen LogP contribution in [0.3, 0.4) is 0 Å². The van der Waals surface area contributed by atoms with Crippen LogP contribution in [0.5, 0.6) is 11.6 Å². The molecule has 1 unspecified atom stereocenters. The van der Waals surface area contributed by atoms with Gasteiger partial charge in [0, 0.05) is 46.7 Å². The summed E-state index contributed by atoms with van der Waals surface area (Å²) in [6.45, 7) is 3.91. The predicted octanol–water partition coefficient (Wildman–Crippen LogP) is 6.45. The number of Topliss-reactive ketones (excluding diaryl/α,β-unsaturated/α-hetero) is 1. The van der Waals surface area contributed by atoms with Gasteiger partial charge in [0.05, 0.1) is 31.9 Å². The molecule has 0 saturated carbocycles. The maximum Gasteiger partial charge on any atom is 0.257 e. The number of methoxy groups -OCH3 is 2. The molecule has 40 heavy (non-hydrogen) atoms. The Morgan fingerprint density at radius 2 is 1.88 bits per heavy atom. The average molecular weight is 566 g/mol. The zero-order chi connectivity index (χ0) is 28.7. The SMILES string of the molecule is COc1cc(OC)c(-n2cc(C(=O)Nc3ccc(F)c(F)c3)c(C3C(=O)Cc4cc(Cl)ccc43)c2C(C)C)cn1. The van der Waals surface area contributed by atoms with E-state index in [1.807, 2.05) is 13.8 Å². The number of ketones is 1. The molecule has 1 aliphatic carbocycles. The van der Waals surface area contributed by atoms with Gasteiger partial charge in [0.1, 0.15) is 17.2 Å². The number of ether oxygens (including phenoxy) is 2. The van der Waals surface area contributed by atoms with E-state index in [0.717, 1.165) is 23.3 Å². The van der Waals surface area contributed by atoms with Gasteiger partial charge in [-0.25, -0.2) is 13.8 Å². The van der Waals surface area contributed by atoms with Crippen molar-refractivity contribution in [3.8, 4) is 17.3 Å². The molecule has 10 heteroatoms. The molecule has 7 nitrogen and oxygen atoms in total. The number of benzene rings is 2. The van der Waals surface area contributed by atoms with E-state index in [4.69, 9.17) is 21.1 Å². The summed E-state index contributed by atoms with van der Waals surface area (Å²) < 4.78 is 40.1. The Balaban J connectivity index is 1.75.